The monoisotopic (exact) mass is 208 g/mol. The average Bonchev–Trinajstić information content (AvgIpc) is 2.61. The number of aromatic nitrogens is 2. The highest BCUT2D eigenvalue weighted by Gasteiger charge is 2.14. The van der Waals surface area contributed by atoms with Gasteiger partial charge in [0.25, 0.3) is 0 Å². The number of allylic oxidation sites excluding steroid dienone is 2. The molecule has 1 aromatic rings. The molecule has 0 spiro atoms. The molecule has 14 heavy (non-hydrogen) atoms. The van der Waals surface area contributed by atoms with Crippen LogP contribution in [0, 0.1) is 6.92 Å². The smallest absolute Gasteiger partial charge is 0.156 e. The Balaban J connectivity index is 2.15. The second kappa shape index (κ2) is 3.61. The first-order chi connectivity index (χ1) is 6.65. The van der Waals surface area contributed by atoms with Gasteiger partial charge in [-0.15, -0.1) is 0 Å². The van der Waals surface area contributed by atoms with Crippen LogP contribution in [-0.4, -0.2) is 15.6 Å². The summed E-state index contributed by atoms with van der Waals surface area (Å²) < 4.78 is 1.85. The number of thioether (sulfide) groups is 1. The second-order valence-corrected chi connectivity index (χ2v) is 4.57. The molecule has 0 aromatic carbocycles. The molecule has 3 nitrogen and oxygen atoms in total. The number of hydrogen-bond donors (Lipinski definition) is 0. The molecule has 0 amide bonds. The molecule has 4 heteroatoms. The van der Waals surface area contributed by atoms with Crippen molar-refractivity contribution in [1.29, 1.82) is 0 Å². The quantitative estimate of drug-likeness (QED) is 0.746. The van der Waals surface area contributed by atoms with Gasteiger partial charge in [-0.25, -0.2) is 0 Å². The third-order valence-corrected chi connectivity index (χ3v) is 3.31. The molecule has 0 fully saturated rings. The van der Waals surface area contributed by atoms with E-state index in [1.165, 1.54) is 0 Å². The van der Waals surface area contributed by atoms with Crippen molar-refractivity contribution in [2.24, 2.45) is 7.05 Å². The summed E-state index contributed by atoms with van der Waals surface area (Å²) in [4.78, 5) is 12.2. The molecule has 0 atom stereocenters. The Bertz CT molecular complexity index is 406. The van der Waals surface area contributed by atoms with Gasteiger partial charge in [0.2, 0.25) is 0 Å². The maximum atomic E-state index is 11.0. The van der Waals surface area contributed by atoms with Crippen molar-refractivity contribution in [3.8, 4) is 0 Å². The average molecular weight is 208 g/mol. The van der Waals surface area contributed by atoms with Crippen LogP contribution in [0.3, 0.4) is 0 Å². The third kappa shape index (κ3) is 1.90. The maximum absolute atomic E-state index is 11.0. The van der Waals surface area contributed by atoms with Gasteiger partial charge in [-0.1, -0.05) is 11.8 Å². The minimum absolute atomic E-state index is 0.242. The van der Waals surface area contributed by atoms with E-state index in [0.717, 1.165) is 22.0 Å². The molecule has 1 heterocycles. The van der Waals surface area contributed by atoms with E-state index in [9.17, 15) is 4.79 Å². The fourth-order valence-electron chi connectivity index (χ4n) is 1.47. The fraction of sp³-hybridized carbons (Fsp3) is 0.400. The molecule has 1 aliphatic carbocycles. The Hall–Kier alpha value is -1.03. The number of ketones is 1. The molecular formula is C10H12N2OS. The van der Waals surface area contributed by atoms with Crippen molar-refractivity contribution in [2.45, 2.75) is 24.8 Å². The van der Waals surface area contributed by atoms with Gasteiger partial charge in [0.1, 0.15) is 0 Å². The minimum atomic E-state index is 0.242. The number of carbonyl (C=O) groups excluding carboxylic acids is 1. The summed E-state index contributed by atoms with van der Waals surface area (Å²) in [7, 11) is 1.92. The lowest BCUT2D eigenvalue weighted by Gasteiger charge is -2.00. The molecule has 0 saturated carbocycles. The largest absolute Gasteiger partial charge is 0.295 e. The van der Waals surface area contributed by atoms with Gasteiger partial charge in [-0.2, -0.15) is 5.10 Å². The van der Waals surface area contributed by atoms with Gasteiger partial charge in [0.05, 0.1) is 10.7 Å². The summed E-state index contributed by atoms with van der Waals surface area (Å²) >= 11 is 1.64. The van der Waals surface area contributed by atoms with Gasteiger partial charge in [0.15, 0.2) is 5.78 Å². The first kappa shape index (κ1) is 9.52. The Labute approximate surface area is 87.2 Å². The van der Waals surface area contributed by atoms with Crippen molar-refractivity contribution in [3.63, 3.8) is 0 Å². The zero-order valence-electron chi connectivity index (χ0n) is 8.28. The molecule has 0 bridgehead atoms. The normalized spacial score (nSPS) is 16.1. The zero-order valence-corrected chi connectivity index (χ0v) is 9.10. The number of nitrogens with zero attached hydrogens (tertiary/aromatic N) is 2. The summed E-state index contributed by atoms with van der Waals surface area (Å²) in [6.45, 7) is 1.97. The fourth-order valence-corrected chi connectivity index (χ4v) is 2.53. The zero-order chi connectivity index (χ0) is 10.1. The molecular weight excluding hydrogens is 196 g/mol. The standard InChI is InChI=1S/C10H12N2OS/c1-7-5-10(12(2)11-7)14-9-4-3-8(13)6-9/h5-6H,3-4H2,1-2H3. The van der Waals surface area contributed by atoms with Gasteiger partial charge in [-0.3, -0.25) is 9.48 Å². The van der Waals surface area contributed by atoms with Crippen LogP contribution in [0.15, 0.2) is 22.1 Å². The van der Waals surface area contributed by atoms with Crippen molar-refractivity contribution in [2.75, 3.05) is 0 Å². The molecule has 0 saturated heterocycles. The third-order valence-electron chi connectivity index (χ3n) is 2.13. The van der Waals surface area contributed by atoms with E-state index in [2.05, 4.69) is 5.10 Å². The van der Waals surface area contributed by atoms with Gasteiger partial charge >= 0.3 is 0 Å². The summed E-state index contributed by atoms with van der Waals surface area (Å²) in [6.07, 6.45) is 3.29. The lowest BCUT2D eigenvalue weighted by atomic mass is 10.3. The van der Waals surface area contributed by atoms with Crippen LogP contribution in [0.2, 0.25) is 0 Å². The van der Waals surface area contributed by atoms with Crippen molar-refractivity contribution in [1.82, 2.24) is 9.78 Å². The Morgan fingerprint density at radius 2 is 2.29 bits per heavy atom. The SMILES string of the molecule is Cc1cc(SC2=CC(=O)CC2)n(C)n1. The number of aryl methyl sites for hydroxylation is 2. The highest BCUT2D eigenvalue weighted by molar-refractivity contribution is 8.03. The molecule has 1 aromatic heterocycles. The molecule has 0 unspecified atom stereocenters. The Morgan fingerprint density at radius 1 is 1.50 bits per heavy atom. The summed E-state index contributed by atoms with van der Waals surface area (Å²) in [5, 5.41) is 5.36. The lowest BCUT2D eigenvalue weighted by molar-refractivity contribution is -0.114. The molecule has 0 N–H and O–H groups in total. The van der Waals surface area contributed by atoms with Crippen LogP contribution in [0.1, 0.15) is 18.5 Å². The minimum Gasteiger partial charge on any atom is -0.295 e. The summed E-state index contributed by atoms with van der Waals surface area (Å²) in [5.41, 5.74) is 1.01. The first-order valence-electron chi connectivity index (χ1n) is 4.57. The number of rotatable bonds is 2. The van der Waals surface area contributed by atoms with E-state index in [1.807, 2.05) is 24.7 Å². The van der Waals surface area contributed by atoms with E-state index in [4.69, 9.17) is 0 Å². The number of carbonyl (C=O) groups is 1. The van der Waals surface area contributed by atoms with Crippen LogP contribution >= 0.6 is 11.8 Å². The van der Waals surface area contributed by atoms with Crippen molar-refractivity contribution >= 4 is 17.5 Å². The Kier molecular flexibility index (Phi) is 2.46. The van der Waals surface area contributed by atoms with E-state index < -0.39 is 0 Å². The van der Waals surface area contributed by atoms with E-state index >= 15 is 0 Å². The van der Waals surface area contributed by atoms with Crippen LogP contribution < -0.4 is 0 Å². The summed E-state index contributed by atoms with van der Waals surface area (Å²) in [6, 6.07) is 2.04. The molecule has 1 aliphatic rings. The first-order valence-corrected chi connectivity index (χ1v) is 5.39. The highest BCUT2D eigenvalue weighted by Crippen LogP contribution is 2.33. The molecule has 2 rings (SSSR count). The van der Waals surface area contributed by atoms with Crippen LogP contribution in [-0.2, 0) is 11.8 Å². The highest BCUT2D eigenvalue weighted by atomic mass is 32.2. The van der Waals surface area contributed by atoms with E-state index in [1.54, 1.807) is 17.8 Å². The van der Waals surface area contributed by atoms with Gasteiger partial charge < -0.3 is 0 Å². The molecule has 0 radical (unpaired) electrons. The predicted octanol–water partition coefficient (Wildman–Crippen LogP) is 2.07. The lowest BCUT2D eigenvalue weighted by Crippen LogP contribution is -1.92. The van der Waals surface area contributed by atoms with Crippen LogP contribution in [0.25, 0.3) is 0 Å². The van der Waals surface area contributed by atoms with Crippen LogP contribution in [0.4, 0.5) is 0 Å². The van der Waals surface area contributed by atoms with Crippen molar-refractivity contribution < 1.29 is 4.79 Å². The van der Waals surface area contributed by atoms with Crippen molar-refractivity contribution in [3.05, 3.63) is 22.7 Å². The molecule has 74 valence electrons. The molecule has 0 aliphatic heterocycles. The number of hydrogen-bond acceptors (Lipinski definition) is 3. The second-order valence-electron chi connectivity index (χ2n) is 3.43. The van der Waals surface area contributed by atoms with E-state index in [-0.39, 0.29) is 5.78 Å². The Morgan fingerprint density at radius 3 is 2.79 bits per heavy atom. The summed E-state index contributed by atoms with van der Waals surface area (Å²) in [5.74, 6) is 0.242. The van der Waals surface area contributed by atoms with Crippen LogP contribution in [0.5, 0.6) is 0 Å². The van der Waals surface area contributed by atoms with Gasteiger partial charge in [-0.05, 0) is 30.4 Å². The van der Waals surface area contributed by atoms with E-state index in [0.29, 0.717) is 6.42 Å². The maximum Gasteiger partial charge on any atom is 0.156 e. The van der Waals surface area contributed by atoms with Gasteiger partial charge in [0, 0.05) is 13.5 Å². The predicted molar refractivity (Wildman–Crippen MR) is 56.1 cm³/mol. The topological polar surface area (TPSA) is 34.9 Å².